The van der Waals surface area contributed by atoms with E-state index in [0.717, 1.165) is 17.1 Å². The van der Waals surface area contributed by atoms with E-state index in [-0.39, 0.29) is 34.1 Å². The van der Waals surface area contributed by atoms with Crippen molar-refractivity contribution in [1.82, 2.24) is 10.2 Å². The molecule has 1 unspecified atom stereocenters. The van der Waals surface area contributed by atoms with Crippen LogP contribution in [0.25, 0.3) is 6.08 Å². The Morgan fingerprint density at radius 2 is 2.00 bits per heavy atom. The van der Waals surface area contributed by atoms with Gasteiger partial charge in [0.2, 0.25) is 0 Å². The Balaban J connectivity index is 1.78. The maximum absolute atomic E-state index is 13.7. The van der Waals surface area contributed by atoms with E-state index in [9.17, 15) is 22.8 Å². The maximum atomic E-state index is 13.7. The van der Waals surface area contributed by atoms with Crippen LogP contribution < -0.4 is 10.1 Å². The Labute approximate surface area is 205 Å². The molecule has 0 spiro atoms. The standard InChI is InChI=1S/C23H21F3N2O4S2/c1-2-28-16(12-31-22(28)30)9-14-3-6-17(7-4-14)32-19-8-5-15(10-18(19)23(24,25)26)11-20(34)21(29)27-13-33/h3-8,10-11,13,16,34H,2,9,12H2,1H3,(H,27,29,33)/b20-11+. The summed E-state index contributed by atoms with van der Waals surface area (Å²) in [7, 11) is 0. The van der Waals surface area contributed by atoms with Gasteiger partial charge in [0.05, 0.1) is 22.0 Å². The number of benzene rings is 2. The highest BCUT2D eigenvalue weighted by molar-refractivity contribution is 7.85. The van der Waals surface area contributed by atoms with Crippen molar-refractivity contribution in [3.8, 4) is 11.5 Å². The summed E-state index contributed by atoms with van der Waals surface area (Å²) >= 11 is 8.51. The quantitative estimate of drug-likeness (QED) is 0.289. The van der Waals surface area contributed by atoms with Gasteiger partial charge in [-0.05, 0) is 54.8 Å². The molecule has 0 saturated carbocycles. The zero-order valence-electron chi connectivity index (χ0n) is 18.0. The Kier molecular flexibility index (Phi) is 8.21. The molecule has 180 valence electrons. The Morgan fingerprint density at radius 1 is 1.29 bits per heavy atom. The van der Waals surface area contributed by atoms with E-state index >= 15 is 0 Å². The highest BCUT2D eigenvalue weighted by Gasteiger charge is 2.35. The molecule has 0 aliphatic carbocycles. The van der Waals surface area contributed by atoms with Crippen LogP contribution in [0.3, 0.4) is 0 Å². The van der Waals surface area contributed by atoms with Gasteiger partial charge in [-0.15, -0.1) is 12.6 Å². The number of likely N-dealkylation sites (N-methyl/N-ethyl adjacent to an activating group) is 1. The van der Waals surface area contributed by atoms with E-state index in [2.05, 4.69) is 30.2 Å². The van der Waals surface area contributed by atoms with Crippen molar-refractivity contribution in [2.45, 2.75) is 25.6 Å². The number of thiocarbonyl (C=S) groups is 1. The molecule has 11 heteroatoms. The molecule has 1 aliphatic heterocycles. The first-order valence-electron chi connectivity index (χ1n) is 10.2. The molecule has 1 saturated heterocycles. The number of thiol groups is 1. The van der Waals surface area contributed by atoms with Gasteiger partial charge in [-0.25, -0.2) is 4.79 Å². The molecule has 1 atom stereocenters. The number of ether oxygens (including phenoxy) is 2. The van der Waals surface area contributed by atoms with Crippen molar-refractivity contribution < 1.29 is 32.2 Å². The first-order valence-corrected chi connectivity index (χ1v) is 11.1. The zero-order valence-corrected chi connectivity index (χ0v) is 19.7. The van der Waals surface area contributed by atoms with Crippen molar-refractivity contribution in [2.24, 2.45) is 0 Å². The first kappa shape index (κ1) is 25.6. The number of carbonyl (C=O) groups excluding carboxylic acids is 2. The smallest absolute Gasteiger partial charge is 0.420 e. The van der Waals surface area contributed by atoms with Gasteiger partial charge in [0.1, 0.15) is 18.1 Å². The molecule has 2 aromatic carbocycles. The predicted octanol–water partition coefficient (Wildman–Crippen LogP) is 5.23. The summed E-state index contributed by atoms with van der Waals surface area (Å²) in [6, 6.07) is 9.96. The fraction of sp³-hybridized carbons (Fsp3) is 0.261. The van der Waals surface area contributed by atoms with Crippen LogP contribution >= 0.6 is 24.8 Å². The number of nitrogens with zero attached hydrogens (tertiary/aromatic N) is 1. The lowest BCUT2D eigenvalue weighted by molar-refractivity contribution is -0.138. The highest BCUT2D eigenvalue weighted by Crippen LogP contribution is 2.39. The summed E-state index contributed by atoms with van der Waals surface area (Å²) in [5.74, 6) is -0.796. The maximum Gasteiger partial charge on any atom is 0.420 e. The summed E-state index contributed by atoms with van der Waals surface area (Å²) in [5.41, 5.74) is 0.994. The van der Waals surface area contributed by atoms with Crippen LogP contribution in [0.5, 0.6) is 11.5 Å². The molecular weight excluding hydrogens is 489 g/mol. The number of hydrogen-bond donors (Lipinski definition) is 2. The molecule has 1 fully saturated rings. The fourth-order valence-electron chi connectivity index (χ4n) is 3.44. The molecule has 1 aliphatic rings. The Morgan fingerprint density at radius 3 is 2.62 bits per heavy atom. The molecule has 0 bridgehead atoms. The predicted molar refractivity (Wildman–Crippen MR) is 128 cm³/mol. The van der Waals surface area contributed by atoms with Crippen LogP contribution in [0, 0.1) is 0 Å². The van der Waals surface area contributed by atoms with Crippen molar-refractivity contribution >= 4 is 48.4 Å². The molecule has 0 radical (unpaired) electrons. The number of cyclic esters (lactones) is 1. The lowest BCUT2D eigenvalue weighted by Gasteiger charge is -2.19. The van der Waals surface area contributed by atoms with Crippen LogP contribution in [0.2, 0.25) is 0 Å². The summed E-state index contributed by atoms with van der Waals surface area (Å²) < 4.78 is 51.6. The molecule has 3 rings (SSSR count). The Bertz CT molecular complexity index is 1100. The van der Waals surface area contributed by atoms with Gasteiger partial charge in [0.25, 0.3) is 5.91 Å². The molecule has 1 heterocycles. The second kappa shape index (κ2) is 10.9. The first-order chi connectivity index (χ1) is 16.1. The van der Waals surface area contributed by atoms with Gasteiger partial charge in [-0.1, -0.05) is 30.4 Å². The number of halogens is 3. The molecule has 1 N–H and O–H groups in total. The molecule has 34 heavy (non-hydrogen) atoms. The largest absolute Gasteiger partial charge is 0.457 e. The molecule has 2 amide bonds. The second-order valence-corrected chi connectivity index (χ2v) is 8.06. The van der Waals surface area contributed by atoms with Gasteiger partial charge in [-0.2, -0.15) is 13.2 Å². The number of alkyl halides is 3. The number of rotatable bonds is 8. The van der Waals surface area contributed by atoms with E-state index in [1.165, 1.54) is 18.2 Å². The lowest BCUT2D eigenvalue weighted by Crippen LogP contribution is -2.34. The average Bonchev–Trinajstić information content (AvgIpc) is 3.14. The number of carbonyl (C=O) groups is 2. The highest BCUT2D eigenvalue weighted by atomic mass is 32.1. The van der Waals surface area contributed by atoms with Gasteiger partial charge < -0.3 is 19.7 Å². The minimum Gasteiger partial charge on any atom is -0.457 e. The molecule has 2 aromatic rings. The van der Waals surface area contributed by atoms with E-state index < -0.39 is 17.6 Å². The normalized spacial score (nSPS) is 16.3. The number of hydrogen-bond acceptors (Lipinski definition) is 6. The second-order valence-electron chi connectivity index (χ2n) is 7.34. The monoisotopic (exact) mass is 510 g/mol. The van der Waals surface area contributed by atoms with Gasteiger partial charge in [0, 0.05) is 6.54 Å². The van der Waals surface area contributed by atoms with E-state index in [1.54, 1.807) is 29.2 Å². The summed E-state index contributed by atoms with van der Waals surface area (Å²) in [5, 5.41) is 2.22. The van der Waals surface area contributed by atoms with Crippen LogP contribution in [-0.2, 0) is 22.1 Å². The number of amides is 2. The van der Waals surface area contributed by atoms with E-state index in [0.29, 0.717) is 19.6 Å². The van der Waals surface area contributed by atoms with Crippen LogP contribution in [-0.4, -0.2) is 41.6 Å². The molecule has 0 aromatic heterocycles. The summed E-state index contributed by atoms with van der Waals surface area (Å²) in [4.78, 5) is 24.9. The van der Waals surface area contributed by atoms with Crippen LogP contribution in [0.1, 0.15) is 23.6 Å². The van der Waals surface area contributed by atoms with Gasteiger partial charge in [-0.3, -0.25) is 4.79 Å². The van der Waals surface area contributed by atoms with Crippen LogP contribution in [0.15, 0.2) is 47.4 Å². The third-order valence-electron chi connectivity index (χ3n) is 5.07. The minimum atomic E-state index is -4.69. The topological polar surface area (TPSA) is 67.9 Å². The van der Waals surface area contributed by atoms with Crippen molar-refractivity contribution in [3.63, 3.8) is 0 Å². The third kappa shape index (κ3) is 6.29. The fourth-order valence-corrected chi connectivity index (χ4v) is 3.76. The minimum absolute atomic E-state index is 0.0931. The lowest BCUT2D eigenvalue weighted by atomic mass is 10.1. The van der Waals surface area contributed by atoms with Crippen molar-refractivity contribution in [3.05, 3.63) is 64.1 Å². The van der Waals surface area contributed by atoms with Crippen molar-refractivity contribution in [2.75, 3.05) is 13.2 Å². The Hall–Kier alpha value is -3.05. The summed E-state index contributed by atoms with van der Waals surface area (Å²) in [6.45, 7) is 2.69. The zero-order chi connectivity index (χ0) is 24.9. The van der Waals surface area contributed by atoms with Gasteiger partial charge >= 0.3 is 12.3 Å². The summed E-state index contributed by atoms with van der Waals surface area (Å²) in [6.07, 6.45) is -3.29. The van der Waals surface area contributed by atoms with Crippen LogP contribution in [0.4, 0.5) is 18.0 Å². The number of nitrogens with one attached hydrogen (secondary N) is 1. The average molecular weight is 511 g/mol. The molecule has 6 nitrogen and oxygen atoms in total. The van der Waals surface area contributed by atoms with E-state index in [4.69, 9.17) is 9.47 Å². The molecular formula is C23H21F3N2O4S2. The van der Waals surface area contributed by atoms with Gasteiger partial charge in [0.15, 0.2) is 0 Å². The third-order valence-corrected chi connectivity index (χ3v) is 5.52. The SMILES string of the molecule is CCN1C(=O)OCC1Cc1ccc(Oc2ccc(/C=C(/S)C(=O)NC=S)cc2C(F)(F)F)cc1. The van der Waals surface area contributed by atoms with E-state index in [1.807, 2.05) is 6.92 Å². The van der Waals surface area contributed by atoms with Crippen molar-refractivity contribution in [1.29, 1.82) is 0 Å².